The van der Waals surface area contributed by atoms with Gasteiger partial charge in [0.25, 0.3) is 0 Å². The molecule has 3 atom stereocenters. The van der Waals surface area contributed by atoms with Gasteiger partial charge in [-0.3, -0.25) is 4.90 Å². The van der Waals surface area contributed by atoms with E-state index in [4.69, 9.17) is 0 Å². The Hall–Kier alpha value is -4.38. The fraction of sp³-hybridized carbons (Fsp3) is 0.245. The Morgan fingerprint density at radius 1 is 0.482 bits per heavy atom. The van der Waals surface area contributed by atoms with Crippen LogP contribution in [0, 0.1) is 61.3 Å². The van der Waals surface area contributed by atoms with Crippen molar-refractivity contribution in [3.05, 3.63) is 207 Å². The monoisotopic (exact) mass is 769 g/mol. The maximum absolute atomic E-state index is 2.68. The second-order valence-electron chi connectivity index (χ2n) is 16.3. The van der Waals surface area contributed by atoms with Gasteiger partial charge in [-0.15, -0.1) is 0 Å². The number of allylic oxidation sites excluding steroid dienone is 2. The Labute approximate surface area is 339 Å². The van der Waals surface area contributed by atoms with E-state index >= 15 is 0 Å². The summed E-state index contributed by atoms with van der Waals surface area (Å²) in [4.78, 5) is 2.68. The normalized spacial score (nSPS) is 15.2. The summed E-state index contributed by atoms with van der Waals surface area (Å²) in [6, 6.07) is 49.6. The molecule has 3 heteroatoms. The molecule has 0 heterocycles. The van der Waals surface area contributed by atoms with Crippen LogP contribution in [0.15, 0.2) is 151 Å². The first-order chi connectivity index (χ1) is 26.9. The van der Waals surface area contributed by atoms with Crippen LogP contribution >= 0.6 is 15.8 Å². The van der Waals surface area contributed by atoms with Gasteiger partial charge in [0.05, 0.1) is 0 Å². The molecule has 1 aliphatic carbocycles. The molecule has 0 spiro atoms. The van der Waals surface area contributed by atoms with Crippen LogP contribution in [0.25, 0.3) is 0 Å². The van der Waals surface area contributed by atoms with E-state index in [0.29, 0.717) is 0 Å². The largest absolute Gasteiger partial charge is 0.292 e. The van der Waals surface area contributed by atoms with E-state index in [1.54, 1.807) is 0 Å². The highest BCUT2D eigenvalue weighted by Gasteiger charge is 2.38. The van der Waals surface area contributed by atoms with Crippen LogP contribution in [0.1, 0.15) is 74.6 Å². The molecule has 0 saturated heterocycles. The van der Waals surface area contributed by atoms with Gasteiger partial charge in [0.2, 0.25) is 0 Å². The van der Waals surface area contributed by atoms with Gasteiger partial charge in [-0.1, -0.05) is 190 Å². The number of rotatable bonds is 11. The van der Waals surface area contributed by atoms with Crippen molar-refractivity contribution in [3.63, 3.8) is 0 Å². The van der Waals surface area contributed by atoms with Crippen molar-refractivity contribution in [2.75, 3.05) is 7.05 Å². The smallest absolute Gasteiger partial charge is 0.0461 e. The number of nitrogens with zero attached hydrogens (tertiary/aromatic N) is 1. The molecule has 6 aromatic rings. The van der Waals surface area contributed by atoms with E-state index in [1.165, 1.54) is 87.5 Å². The maximum Gasteiger partial charge on any atom is 0.0461 e. The van der Waals surface area contributed by atoms with Crippen LogP contribution in [0.3, 0.4) is 0 Å². The summed E-state index contributed by atoms with van der Waals surface area (Å²) in [5.41, 5.74) is 13.3. The van der Waals surface area contributed by atoms with E-state index in [1.807, 2.05) is 0 Å². The minimum absolute atomic E-state index is 0.0787. The molecule has 0 fully saturated rings. The molecule has 0 aromatic heterocycles. The predicted molar refractivity (Wildman–Crippen MR) is 248 cm³/mol. The van der Waals surface area contributed by atoms with Crippen molar-refractivity contribution in [2.45, 2.75) is 74.4 Å². The second-order valence-corrected chi connectivity index (χ2v) is 20.7. The van der Waals surface area contributed by atoms with Crippen LogP contribution < -0.4 is 26.5 Å². The molecule has 0 N–H and O–H groups in total. The minimum atomic E-state index is -0.876. The Balaban J connectivity index is 1.48. The lowest BCUT2D eigenvalue weighted by molar-refractivity contribution is 0.164. The first-order valence-corrected chi connectivity index (χ1v) is 22.7. The van der Waals surface area contributed by atoms with Gasteiger partial charge < -0.3 is 0 Å². The van der Waals surface area contributed by atoms with Crippen LogP contribution in [-0.4, -0.2) is 11.9 Å². The number of benzene rings is 6. The summed E-state index contributed by atoms with van der Waals surface area (Å²) in [5.74, 6) is 0.162. The van der Waals surface area contributed by atoms with E-state index in [9.17, 15) is 0 Å². The molecule has 56 heavy (non-hydrogen) atoms. The molecule has 0 bridgehead atoms. The third kappa shape index (κ3) is 8.62. The van der Waals surface area contributed by atoms with Crippen molar-refractivity contribution >= 4 is 42.4 Å². The molecule has 0 radical (unpaired) electrons. The topological polar surface area (TPSA) is 3.24 Å². The van der Waals surface area contributed by atoms with Gasteiger partial charge >= 0.3 is 0 Å². The van der Waals surface area contributed by atoms with E-state index in [0.717, 1.165) is 0 Å². The molecule has 2 unspecified atom stereocenters. The molecule has 6 aromatic carbocycles. The molecule has 7 rings (SSSR count). The quantitative estimate of drug-likeness (QED) is 0.119. The average molecular weight is 770 g/mol. The fourth-order valence-corrected chi connectivity index (χ4v) is 14.9. The maximum atomic E-state index is 2.68. The number of aryl methyl sites for hydroxylation is 8. The minimum Gasteiger partial charge on any atom is -0.292 e. The van der Waals surface area contributed by atoms with Crippen molar-refractivity contribution in [1.29, 1.82) is 0 Å². The zero-order valence-electron chi connectivity index (χ0n) is 34.9. The standard InChI is InChI=1S/C53H57NP2/c1-35-23-36(2)28-45(27-35)55(46-29-37(3)24-38(4)30-46)51-21-15-14-19-49(51)53(54(10)43(9)44-17-12-11-13-18-44)50-20-16-22-52(50)56(47-31-39(5)25-40(6)32-47)48-33-41(7)26-42(8)34-48/h11-34,43,50,53H,1-10H3/t43-,50?,53?/m0/s1. The lowest BCUT2D eigenvalue weighted by atomic mass is 9.90. The van der Waals surface area contributed by atoms with Crippen molar-refractivity contribution in [2.24, 2.45) is 5.92 Å². The summed E-state index contributed by atoms with van der Waals surface area (Å²) in [6.07, 6.45) is 7.34. The lowest BCUT2D eigenvalue weighted by Crippen LogP contribution is -2.37. The van der Waals surface area contributed by atoms with Gasteiger partial charge in [-0.05, 0) is 128 Å². The van der Waals surface area contributed by atoms with Crippen molar-refractivity contribution in [3.8, 4) is 0 Å². The Morgan fingerprint density at radius 2 is 0.875 bits per heavy atom. The van der Waals surface area contributed by atoms with Crippen molar-refractivity contribution < 1.29 is 0 Å². The molecule has 0 aliphatic heterocycles. The highest BCUT2D eigenvalue weighted by molar-refractivity contribution is 7.80. The first kappa shape index (κ1) is 39.8. The van der Waals surface area contributed by atoms with Crippen LogP contribution in [-0.2, 0) is 0 Å². The van der Waals surface area contributed by atoms with Crippen LogP contribution in [0.4, 0.5) is 0 Å². The van der Waals surface area contributed by atoms with Gasteiger partial charge in [-0.25, -0.2) is 0 Å². The Kier molecular flexibility index (Phi) is 12.1. The summed E-state index contributed by atoms with van der Waals surface area (Å²) in [5, 5.41) is 8.65. The summed E-state index contributed by atoms with van der Waals surface area (Å²) < 4.78 is 0. The number of hydrogen-bond donors (Lipinski definition) is 0. The molecule has 1 nitrogen and oxygen atoms in total. The first-order valence-electron chi connectivity index (χ1n) is 20.0. The van der Waals surface area contributed by atoms with E-state index < -0.39 is 15.8 Å². The van der Waals surface area contributed by atoms with E-state index in [-0.39, 0.29) is 18.0 Å². The molecule has 0 saturated carbocycles. The summed E-state index contributed by atoms with van der Waals surface area (Å²) in [7, 11) is 0.664. The van der Waals surface area contributed by atoms with Gasteiger partial charge in [0.15, 0.2) is 0 Å². The van der Waals surface area contributed by atoms with Crippen molar-refractivity contribution in [1.82, 2.24) is 4.90 Å². The average Bonchev–Trinajstić information content (AvgIpc) is 3.59. The summed E-state index contributed by atoms with van der Waals surface area (Å²) >= 11 is 0. The van der Waals surface area contributed by atoms with E-state index in [2.05, 4.69) is 220 Å². The fourth-order valence-electron chi connectivity index (χ4n) is 8.98. The van der Waals surface area contributed by atoms with Crippen LogP contribution in [0.2, 0.25) is 0 Å². The molecular weight excluding hydrogens is 713 g/mol. The SMILES string of the molecule is Cc1cc(C)cc(P(C2=CC=CC2C(c2ccccc2P(c2cc(C)cc(C)c2)c2cc(C)cc(C)c2)N(C)[C@@H](C)c2ccccc2)c2cc(C)cc(C)c2)c1. The van der Waals surface area contributed by atoms with Gasteiger partial charge in [0, 0.05) is 18.0 Å². The zero-order valence-corrected chi connectivity index (χ0v) is 36.7. The zero-order chi connectivity index (χ0) is 39.7. The molecular formula is C53H57NP2. The Bertz CT molecular complexity index is 2240. The lowest BCUT2D eigenvalue weighted by Gasteiger charge is -2.41. The third-order valence-electron chi connectivity index (χ3n) is 11.2. The molecule has 0 amide bonds. The molecule has 1 aliphatic rings. The highest BCUT2D eigenvalue weighted by Crippen LogP contribution is 2.55. The predicted octanol–water partition coefficient (Wildman–Crippen LogP) is 11.8. The van der Waals surface area contributed by atoms with Gasteiger partial charge in [-0.2, -0.15) is 0 Å². The van der Waals surface area contributed by atoms with Gasteiger partial charge in [0.1, 0.15) is 0 Å². The van der Waals surface area contributed by atoms with Crippen LogP contribution in [0.5, 0.6) is 0 Å². The molecule has 284 valence electrons. The second kappa shape index (κ2) is 17.0. The highest BCUT2D eigenvalue weighted by atomic mass is 31.1. The Morgan fingerprint density at radius 3 is 1.32 bits per heavy atom. The summed E-state index contributed by atoms with van der Waals surface area (Å²) in [6.45, 7) is 20.4. The third-order valence-corrected chi connectivity index (χ3v) is 16.2. The number of hydrogen-bond acceptors (Lipinski definition) is 1.